The Bertz CT molecular complexity index is 415. The molecule has 1 aromatic carbocycles. The van der Waals surface area contributed by atoms with E-state index >= 15 is 0 Å². The average molecular weight is 263 g/mol. The topological polar surface area (TPSA) is 30.5 Å². The Hall–Kier alpha value is -1.22. The van der Waals surface area contributed by atoms with E-state index in [2.05, 4.69) is 32.2 Å². The summed E-state index contributed by atoms with van der Waals surface area (Å²) in [6.45, 7) is 9.01. The third kappa shape index (κ3) is 3.87. The van der Waals surface area contributed by atoms with Crippen molar-refractivity contribution in [1.82, 2.24) is 5.32 Å². The van der Waals surface area contributed by atoms with Crippen LogP contribution in [0.15, 0.2) is 18.2 Å². The Balaban J connectivity index is 2.08. The third-order valence-corrected chi connectivity index (χ3v) is 3.49. The van der Waals surface area contributed by atoms with Crippen molar-refractivity contribution in [1.29, 1.82) is 0 Å². The van der Waals surface area contributed by atoms with Crippen molar-refractivity contribution in [2.75, 3.05) is 13.2 Å². The van der Waals surface area contributed by atoms with Crippen LogP contribution in [0.1, 0.15) is 45.6 Å². The molecule has 1 heterocycles. The average Bonchev–Trinajstić information content (AvgIpc) is 2.61. The third-order valence-electron chi connectivity index (χ3n) is 3.49. The predicted octanol–water partition coefficient (Wildman–Crippen LogP) is 3.52. The lowest BCUT2D eigenvalue weighted by atomic mass is 9.98. The number of nitrogens with one attached hydrogen (secondary N) is 1. The van der Waals surface area contributed by atoms with Gasteiger partial charge >= 0.3 is 0 Å². The van der Waals surface area contributed by atoms with Gasteiger partial charge in [-0.15, -0.1) is 0 Å². The number of fused-ring (bicyclic) bond motifs is 1. The number of para-hydroxylation sites is 1. The van der Waals surface area contributed by atoms with Gasteiger partial charge in [-0.2, -0.15) is 0 Å². The second-order valence-corrected chi connectivity index (χ2v) is 5.78. The summed E-state index contributed by atoms with van der Waals surface area (Å²) in [5.41, 5.74) is 1.34. The lowest BCUT2D eigenvalue weighted by Gasteiger charge is -2.26. The number of hydrogen-bond donors (Lipinski definition) is 1. The van der Waals surface area contributed by atoms with Gasteiger partial charge in [0.25, 0.3) is 0 Å². The summed E-state index contributed by atoms with van der Waals surface area (Å²) in [4.78, 5) is 0. The van der Waals surface area contributed by atoms with E-state index in [0.29, 0.717) is 0 Å². The first-order valence-corrected chi connectivity index (χ1v) is 7.25. The molecule has 0 spiro atoms. The van der Waals surface area contributed by atoms with E-state index in [1.807, 2.05) is 12.1 Å². The Labute approximate surface area is 116 Å². The van der Waals surface area contributed by atoms with E-state index < -0.39 is 0 Å². The van der Waals surface area contributed by atoms with Crippen molar-refractivity contribution >= 4 is 0 Å². The van der Waals surface area contributed by atoms with Crippen molar-refractivity contribution in [3.05, 3.63) is 23.8 Å². The van der Waals surface area contributed by atoms with Gasteiger partial charge in [0.05, 0.1) is 13.2 Å². The van der Waals surface area contributed by atoms with Gasteiger partial charge in [0, 0.05) is 24.1 Å². The number of benzene rings is 1. The molecule has 0 saturated carbocycles. The molecule has 0 amide bonds. The fourth-order valence-electron chi connectivity index (χ4n) is 2.44. The van der Waals surface area contributed by atoms with Gasteiger partial charge < -0.3 is 14.8 Å². The summed E-state index contributed by atoms with van der Waals surface area (Å²) in [6.07, 6.45) is 3.30. The van der Waals surface area contributed by atoms with E-state index in [0.717, 1.165) is 37.7 Å². The normalized spacial score (nSPS) is 15.1. The maximum absolute atomic E-state index is 5.84. The molecule has 0 fully saturated rings. The van der Waals surface area contributed by atoms with Crippen LogP contribution in [-0.2, 0) is 6.54 Å². The highest BCUT2D eigenvalue weighted by Crippen LogP contribution is 2.33. The summed E-state index contributed by atoms with van der Waals surface area (Å²) in [5.74, 6) is 1.80. The van der Waals surface area contributed by atoms with Crippen LogP contribution in [0, 0.1) is 0 Å². The SMILES string of the molecule is CCCC(C)(C)NCc1cccc2c1OCCCO2. The molecule has 0 aliphatic carbocycles. The molecule has 0 bridgehead atoms. The monoisotopic (exact) mass is 263 g/mol. The Morgan fingerprint density at radius 1 is 1.21 bits per heavy atom. The quantitative estimate of drug-likeness (QED) is 0.881. The van der Waals surface area contributed by atoms with Crippen molar-refractivity contribution < 1.29 is 9.47 Å². The molecule has 106 valence electrons. The molecule has 0 radical (unpaired) electrons. The van der Waals surface area contributed by atoms with Gasteiger partial charge in [-0.05, 0) is 26.3 Å². The minimum Gasteiger partial charge on any atom is -0.490 e. The van der Waals surface area contributed by atoms with Gasteiger partial charge in [-0.25, -0.2) is 0 Å². The lowest BCUT2D eigenvalue weighted by molar-refractivity contribution is 0.294. The molecule has 1 aromatic rings. The summed E-state index contributed by atoms with van der Waals surface area (Å²) in [5, 5.41) is 3.61. The van der Waals surface area contributed by atoms with E-state index in [1.165, 1.54) is 18.4 Å². The van der Waals surface area contributed by atoms with Gasteiger partial charge in [0.2, 0.25) is 0 Å². The molecular weight excluding hydrogens is 238 g/mol. The molecule has 19 heavy (non-hydrogen) atoms. The van der Waals surface area contributed by atoms with Crippen molar-refractivity contribution in [2.24, 2.45) is 0 Å². The first-order valence-electron chi connectivity index (χ1n) is 7.25. The number of hydrogen-bond acceptors (Lipinski definition) is 3. The summed E-state index contributed by atoms with van der Waals surface area (Å²) < 4.78 is 11.6. The molecule has 0 atom stereocenters. The first-order chi connectivity index (χ1) is 9.12. The predicted molar refractivity (Wildman–Crippen MR) is 77.9 cm³/mol. The maximum atomic E-state index is 5.84. The number of rotatable bonds is 5. The largest absolute Gasteiger partial charge is 0.490 e. The Kier molecular flexibility index (Phi) is 4.70. The minimum absolute atomic E-state index is 0.156. The maximum Gasteiger partial charge on any atom is 0.165 e. The highest BCUT2D eigenvalue weighted by molar-refractivity contribution is 5.47. The van der Waals surface area contributed by atoms with Gasteiger partial charge in [0.15, 0.2) is 11.5 Å². The molecule has 1 aliphatic heterocycles. The van der Waals surface area contributed by atoms with E-state index in [4.69, 9.17) is 9.47 Å². The summed E-state index contributed by atoms with van der Waals surface area (Å²) in [7, 11) is 0. The van der Waals surface area contributed by atoms with Crippen LogP contribution in [0.25, 0.3) is 0 Å². The second kappa shape index (κ2) is 6.29. The van der Waals surface area contributed by atoms with Crippen LogP contribution >= 0.6 is 0 Å². The fraction of sp³-hybridized carbons (Fsp3) is 0.625. The van der Waals surface area contributed by atoms with Crippen LogP contribution < -0.4 is 14.8 Å². The summed E-state index contributed by atoms with van der Waals surface area (Å²) >= 11 is 0. The molecule has 0 saturated heterocycles. The summed E-state index contributed by atoms with van der Waals surface area (Å²) in [6, 6.07) is 6.14. The number of ether oxygens (including phenoxy) is 2. The Morgan fingerprint density at radius 3 is 2.79 bits per heavy atom. The minimum atomic E-state index is 0.156. The molecule has 3 heteroatoms. The van der Waals surface area contributed by atoms with Crippen LogP contribution in [0.4, 0.5) is 0 Å². The molecule has 1 N–H and O–H groups in total. The smallest absolute Gasteiger partial charge is 0.165 e. The molecule has 0 unspecified atom stereocenters. The fourth-order valence-corrected chi connectivity index (χ4v) is 2.44. The highest BCUT2D eigenvalue weighted by Gasteiger charge is 2.18. The molecule has 0 aromatic heterocycles. The standard InChI is InChI=1S/C16H25NO2/c1-4-9-16(2,3)17-12-13-7-5-8-14-15(13)19-11-6-10-18-14/h5,7-8,17H,4,6,9-12H2,1-3H3. The van der Waals surface area contributed by atoms with Crippen LogP contribution in [0.2, 0.25) is 0 Å². The molecule has 1 aliphatic rings. The van der Waals surface area contributed by atoms with Crippen LogP contribution in [0.5, 0.6) is 11.5 Å². The van der Waals surface area contributed by atoms with Gasteiger partial charge in [-0.3, -0.25) is 0 Å². The van der Waals surface area contributed by atoms with E-state index in [9.17, 15) is 0 Å². The van der Waals surface area contributed by atoms with Crippen molar-refractivity contribution in [3.8, 4) is 11.5 Å². The first kappa shape index (κ1) is 14.2. The van der Waals surface area contributed by atoms with Crippen LogP contribution in [-0.4, -0.2) is 18.8 Å². The molecule has 3 nitrogen and oxygen atoms in total. The van der Waals surface area contributed by atoms with Gasteiger partial charge in [-0.1, -0.05) is 25.5 Å². The van der Waals surface area contributed by atoms with Crippen molar-refractivity contribution in [2.45, 2.75) is 52.1 Å². The van der Waals surface area contributed by atoms with Gasteiger partial charge in [0.1, 0.15) is 0 Å². The van der Waals surface area contributed by atoms with Crippen LogP contribution in [0.3, 0.4) is 0 Å². The Morgan fingerprint density at radius 2 is 2.00 bits per heavy atom. The lowest BCUT2D eigenvalue weighted by Crippen LogP contribution is -2.38. The zero-order valence-electron chi connectivity index (χ0n) is 12.3. The highest BCUT2D eigenvalue weighted by atomic mass is 16.5. The van der Waals surface area contributed by atoms with Crippen molar-refractivity contribution in [3.63, 3.8) is 0 Å². The zero-order valence-corrected chi connectivity index (χ0v) is 12.3. The molecular formula is C16H25NO2. The zero-order chi connectivity index (χ0) is 13.7. The molecule has 2 rings (SSSR count). The van der Waals surface area contributed by atoms with E-state index in [1.54, 1.807) is 0 Å². The second-order valence-electron chi connectivity index (χ2n) is 5.78. The van der Waals surface area contributed by atoms with E-state index in [-0.39, 0.29) is 5.54 Å².